The van der Waals surface area contributed by atoms with Gasteiger partial charge in [0.1, 0.15) is 0 Å². The molecule has 0 spiro atoms. The van der Waals surface area contributed by atoms with Crippen LogP contribution in [0.3, 0.4) is 0 Å². The van der Waals surface area contributed by atoms with Gasteiger partial charge < -0.3 is 25.1 Å². The van der Waals surface area contributed by atoms with Gasteiger partial charge in [0.05, 0.1) is 14.2 Å². The maximum absolute atomic E-state index is 11.5. The molecule has 0 aliphatic heterocycles. The highest BCUT2D eigenvalue weighted by Gasteiger charge is 2.29. The zero-order valence-electron chi connectivity index (χ0n) is 8.04. The summed E-state index contributed by atoms with van der Waals surface area (Å²) in [6.07, 6.45) is 1.16. The van der Waals surface area contributed by atoms with Gasteiger partial charge in [-0.25, -0.2) is 4.73 Å². The van der Waals surface area contributed by atoms with Crippen LogP contribution in [0.5, 0.6) is 11.8 Å². The number of methoxy groups -OCH3 is 2. The molecule has 2 N–H and O–H groups in total. The highest BCUT2D eigenvalue weighted by atomic mass is 16.6. The third-order valence-corrected chi connectivity index (χ3v) is 2.06. The second-order valence-corrected chi connectivity index (χ2v) is 2.81. The summed E-state index contributed by atoms with van der Waals surface area (Å²) < 4.78 is 10.8. The Kier molecular flexibility index (Phi) is 1.78. The molecule has 0 aromatic carbocycles. The largest absolute Gasteiger partial charge is 0.737 e. The summed E-state index contributed by atoms with van der Waals surface area (Å²) in [5, 5.41) is 30.4. The molecule has 0 radical (unpaired) electrons. The maximum atomic E-state index is 11.5. The van der Waals surface area contributed by atoms with Crippen LogP contribution in [0.4, 0.5) is 0 Å². The molecule has 0 unspecified atom stereocenters. The van der Waals surface area contributed by atoms with E-state index in [1.165, 1.54) is 14.2 Å². The highest BCUT2D eigenvalue weighted by Crippen LogP contribution is 2.27. The lowest BCUT2D eigenvalue weighted by Gasteiger charge is -2.02. The number of ether oxygens (including phenoxy) is 2. The number of rotatable bonds is 2. The van der Waals surface area contributed by atoms with Crippen molar-refractivity contribution in [3.8, 4) is 11.8 Å². The highest BCUT2D eigenvalue weighted by molar-refractivity contribution is 5.78. The normalized spacial score (nSPS) is 10.8. The average Bonchev–Trinajstić information content (AvgIpc) is 2.66. The van der Waals surface area contributed by atoms with Gasteiger partial charge in [0.25, 0.3) is 5.52 Å². The molecule has 0 saturated heterocycles. The minimum absolute atomic E-state index is 0.0341. The van der Waals surface area contributed by atoms with Crippen molar-refractivity contribution in [2.75, 3.05) is 14.2 Å². The first-order chi connectivity index (χ1) is 7.11. The van der Waals surface area contributed by atoms with E-state index < -0.39 is 0 Å². The van der Waals surface area contributed by atoms with Crippen LogP contribution in [0.1, 0.15) is 0 Å². The summed E-state index contributed by atoms with van der Waals surface area (Å²) in [5.41, 5.74) is -0.141. The van der Waals surface area contributed by atoms with Crippen LogP contribution in [0.15, 0.2) is 6.20 Å². The van der Waals surface area contributed by atoms with Crippen LogP contribution in [-0.4, -0.2) is 34.1 Å². The Labute approximate surface area is 83.6 Å². The maximum Gasteiger partial charge on any atom is 0.437 e. The molecule has 0 saturated carbocycles. The van der Waals surface area contributed by atoms with Crippen molar-refractivity contribution in [2.45, 2.75) is 0 Å². The van der Waals surface area contributed by atoms with Gasteiger partial charge in [-0.05, 0) is 4.73 Å². The molecule has 0 fully saturated rings. The molecule has 0 aliphatic carbocycles. The average molecular weight is 215 g/mol. The van der Waals surface area contributed by atoms with E-state index in [0.717, 1.165) is 6.20 Å². The SMILES string of the molecule is COc1cn(O)c2c1n(O)c(OC)[n+]2[O-]. The summed E-state index contributed by atoms with van der Waals surface area (Å²) in [6, 6.07) is -0.360. The van der Waals surface area contributed by atoms with Gasteiger partial charge in [0.15, 0.2) is 6.20 Å². The van der Waals surface area contributed by atoms with Gasteiger partial charge in [-0.15, -0.1) is 0 Å². The molecule has 2 heterocycles. The minimum atomic E-state index is -0.360. The number of nitrogens with zero attached hydrogens (tertiary/aromatic N) is 3. The molecule has 82 valence electrons. The third-order valence-electron chi connectivity index (χ3n) is 2.06. The van der Waals surface area contributed by atoms with E-state index in [-0.39, 0.29) is 27.7 Å². The Bertz CT molecular complexity index is 514. The van der Waals surface area contributed by atoms with Crippen molar-refractivity contribution in [1.82, 2.24) is 9.46 Å². The van der Waals surface area contributed by atoms with Crippen molar-refractivity contribution < 1.29 is 24.6 Å². The standard InChI is InChI=1S/C7H9N3O5/c1-14-4-3-8(11)6-5(4)9(12)7(15-2)10(6)13/h3,11-12H,1-2H3. The molecule has 0 amide bonds. The number of aromatic nitrogens is 3. The van der Waals surface area contributed by atoms with Gasteiger partial charge >= 0.3 is 11.7 Å². The Hall–Kier alpha value is -2.25. The second kappa shape index (κ2) is 2.87. The smallest absolute Gasteiger partial charge is 0.437 e. The monoisotopic (exact) mass is 215 g/mol. The minimum Gasteiger partial charge on any atom is -0.737 e. The van der Waals surface area contributed by atoms with E-state index in [2.05, 4.69) is 4.74 Å². The number of fused-ring (bicyclic) bond motifs is 1. The van der Waals surface area contributed by atoms with Gasteiger partial charge in [-0.2, -0.15) is 0 Å². The first-order valence-corrected chi connectivity index (χ1v) is 3.97. The van der Waals surface area contributed by atoms with E-state index in [0.29, 0.717) is 9.46 Å². The van der Waals surface area contributed by atoms with Gasteiger partial charge in [-0.3, -0.25) is 0 Å². The van der Waals surface area contributed by atoms with Crippen molar-refractivity contribution >= 4 is 11.2 Å². The van der Waals surface area contributed by atoms with Crippen molar-refractivity contribution in [3.63, 3.8) is 0 Å². The summed E-state index contributed by atoms with van der Waals surface area (Å²) >= 11 is 0. The van der Waals surface area contributed by atoms with E-state index >= 15 is 0 Å². The van der Waals surface area contributed by atoms with E-state index in [1.54, 1.807) is 0 Å². The molecule has 2 rings (SSSR count). The summed E-state index contributed by atoms with van der Waals surface area (Å²) in [7, 11) is 2.58. The van der Waals surface area contributed by atoms with E-state index in [9.17, 15) is 15.6 Å². The van der Waals surface area contributed by atoms with Crippen molar-refractivity contribution in [2.24, 2.45) is 0 Å². The lowest BCUT2D eigenvalue weighted by atomic mass is 10.5. The van der Waals surface area contributed by atoms with Crippen LogP contribution in [0, 0.1) is 5.21 Å². The topological polar surface area (TPSA) is 95.7 Å². The van der Waals surface area contributed by atoms with Crippen LogP contribution in [-0.2, 0) is 0 Å². The predicted octanol–water partition coefficient (Wildman–Crippen LogP) is -0.432. The number of imidazole rings is 1. The van der Waals surface area contributed by atoms with Crippen molar-refractivity contribution in [3.05, 3.63) is 11.4 Å². The summed E-state index contributed by atoms with van der Waals surface area (Å²) in [5.74, 6) is 0.155. The first-order valence-electron chi connectivity index (χ1n) is 3.97. The molecule has 2 aromatic rings. The molecule has 15 heavy (non-hydrogen) atoms. The molecule has 0 bridgehead atoms. The second-order valence-electron chi connectivity index (χ2n) is 2.81. The Morgan fingerprint density at radius 2 is 2.00 bits per heavy atom. The fraction of sp³-hybridized carbons (Fsp3) is 0.286. The van der Waals surface area contributed by atoms with Gasteiger partial charge in [0.2, 0.25) is 5.75 Å². The molecule has 8 heteroatoms. The van der Waals surface area contributed by atoms with Gasteiger partial charge in [0, 0.05) is 0 Å². The Morgan fingerprint density at radius 1 is 1.33 bits per heavy atom. The lowest BCUT2D eigenvalue weighted by molar-refractivity contribution is -0.592. The zero-order chi connectivity index (χ0) is 11.2. The van der Waals surface area contributed by atoms with Crippen LogP contribution < -0.4 is 14.2 Å². The molecule has 2 aromatic heterocycles. The fourth-order valence-electron chi connectivity index (χ4n) is 1.43. The fourth-order valence-corrected chi connectivity index (χ4v) is 1.43. The molecule has 0 atom stereocenters. The first kappa shape index (κ1) is 9.31. The molecular formula is C7H9N3O5. The third kappa shape index (κ3) is 0.981. The van der Waals surface area contributed by atoms with Crippen LogP contribution in [0.25, 0.3) is 11.2 Å². The molecule has 8 nitrogen and oxygen atoms in total. The summed E-state index contributed by atoms with van der Waals surface area (Å²) in [6.45, 7) is 0. The Morgan fingerprint density at radius 3 is 2.53 bits per heavy atom. The van der Waals surface area contributed by atoms with Gasteiger partial charge in [-0.1, -0.05) is 4.73 Å². The van der Waals surface area contributed by atoms with E-state index in [1.807, 2.05) is 0 Å². The quantitative estimate of drug-likeness (QED) is 0.402. The van der Waals surface area contributed by atoms with E-state index in [4.69, 9.17) is 4.74 Å². The molecule has 0 aliphatic rings. The van der Waals surface area contributed by atoms with Crippen LogP contribution in [0.2, 0.25) is 0 Å². The molecular weight excluding hydrogens is 206 g/mol. The Balaban J connectivity index is 2.90. The zero-order valence-corrected chi connectivity index (χ0v) is 8.04. The number of hydrogen-bond acceptors (Lipinski definition) is 5. The predicted molar refractivity (Wildman–Crippen MR) is 46.4 cm³/mol. The van der Waals surface area contributed by atoms with Crippen molar-refractivity contribution in [1.29, 1.82) is 0 Å². The van der Waals surface area contributed by atoms with Crippen LogP contribution >= 0.6 is 0 Å². The number of hydrogen-bond donors (Lipinski definition) is 2. The summed E-state index contributed by atoms with van der Waals surface area (Å²) in [4.78, 5) is 0. The lowest BCUT2D eigenvalue weighted by Crippen LogP contribution is -2.29.